The molecule has 0 bridgehead atoms. The maximum Gasteiger partial charge on any atom is 0.0613 e. The average Bonchev–Trinajstić information content (AvgIpc) is 2.30. The zero-order valence-electron chi connectivity index (χ0n) is 10.2. The molecule has 1 aromatic carbocycles. The number of ether oxygens (including phenoxy) is 1. The number of hydrogen-bond acceptors (Lipinski definition) is 2. The van der Waals surface area contributed by atoms with Gasteiger partial charge in [-0.15, -0.1) is 11.6 Å². The molecular formula is C13H20ClNO. The smallest absolute Gasteiger partial charge is 0.0613 e. The van der Waals surface area contributed by atoms with Crippen LogP contribution in [0.2, 0.25) is 0 Å². The van der Waals surface area contributed by atoms with Crippen molar-refractivity contribution in [3.63, 3.8) is 0 Å². The van der Waals surface area contributed by atoms with Crippen molar-refractivity contribution in [3.8, 4) is 0 Å². The summed E-state index contributed by atoms with van der Waals surface area (Å²) >= 11 is 6.08. The van der Waals surface area contributed by atoms with Crippen molar-refractivity contribution in [1.29, 1.82) is 0 Å². The third-order valence-corrected chi connectivity index (χ3v) is 3.19. The summed E-state index contributed by atoms with van der Waals surface area (Å²) in [5, 5.41) is 3.50. The normalized spacial score (nSPS) is 16.8. The van der Waals surface area contributed by atoms with E-state index >= 15 is 0 Å². The highest BCUT2D eigenvalue weighted by Gasteiger charge is 2.26. The van der Waals surface area contributed by atoms with Crippen molar-refractivity contribution in [2.75, 3.05) is 19.6 Å². The van der Waals surface area contributed by atoms with Gasteiger partial charge in [0.15, 0.2) is 0 Å². The summed E-state index contributed by atoms with van der Waals surface area (Å²) in [4.78, 5) is 0. The van der Waals surface area contributed by atoms with E-state index in [2.05, 4.69) is 31.3 Å². The lowest BCUT2D eigenvalue weighted by Gasteiger charge is -2.32. The Kier molecular flexibility index (Phi) is 5.26. The molecule has 0 heterocycles. The molecule has 0 aromatic heterocycles. The van der Waals surface area contributed by atoms with E-state index in [9.17, 15) is 0 Å². The number of hydrogen-bond donors (Lipinski definition) is 1. The topological polar surface area (TPSA) is 21.3 Å². The van der Waals surface area contributed by atoms with Gasteiger partial charge in [0, 0.05) is 19.0 Å². The summed E-state index contributed by atoms with van der Waals surface area (Å²) in [5.41, 5.74) is 0.994. The van der Waals surface area contributed by atoms with E-state index in [1.165, 1.54) is 5.56 Å². The molecule has 2 unspecified atom stereocenters. The minimum atomic E-state index is -0.208. The second-order valence-corrected chi connectivity index (χ2v) is 4.60. The molecule has 0 saturated carbocycles. The standard InChI is InChI=1S/C13H20ClNO/c1-11(9-16-3)15-13(2,10-14)12-7-5-4-6-8-12/h4-8,11,15H,9-10H2,1-3H3. The molecule has 1 N–H and O–H groups in total. The van der Waals surface area contributed by atoms with E-state index in [4.69, 9.17) is 16.3 Å². The van der Waals surface area contributed by atoms with Crippen LogP contribution in [0.15, 0.2) is 30.3 Å². The van der Waals surface area contributed by atoms with Gasteiger partial charge in [0.2, 0.25) is 0 Å². The second-order valence-electron chi connectivity index (χ2n) is 4.33. The van der Waals surface area contributed by atoms with Gasteiger partial charge in [-0.3, -0.25) is 0 Å². The third kappa shape index (κ3) is 3.48. The predicted octanol–water partition coefficient (Wildman–Crippen LogP) is 2.77. The Bertz CT molecular complexity index is 304. The summed E-state index contributed by atoms with van der Waals surface area (Å²) in [7, 11) is 1.71. The van der Waals surface area contributed by atoms with E-state index in [0.717, 1.165) is 0 Å². The summed E-state index contributed by atoms with van der Waals surface area (Å²) in [6, 6.07) is 10.5. The number of alkyl halides is 1. The number of halogens is 1. The number of rotatable bonds is 6. The highest BCUT2D eigenvalue weighted by Crippen LogP contribution is 2.22. The fraction of sp³-hybridized carbons (Fsp3) is 0.538. The van der Waals surface area contributed by atoms with Crippen molar-refractivity contribution in [2.45, 2.75) is 25.4 Å². The number of benzene rings is 1. The van der Waals surface area contributed by atoms with Crippen LogP contribution in [0.4, 0.5) is 0 Å². The SMILES string of the molecule is COCC(C)NC(C)(CCl)c1ccccc1. The van der Waals surface area contributed by atoms with Gasteiger partial charge in [-0.1, -0.05) is 30.3 Å². The zero-order valence-corrected chi connectivity index (χ0v) is 10.9. The molecule has 0 fully saturated rings. The third-order valence-electron chi connectivity index (χ3n) is 2.66. The van der Waals surface area contributed by atoms with Crippen LogP contribution in [-0.2, 0) is 10.3 Å². The highest BCUT2D eigenvalue weighted by molar-refractivity contribution is 6.18. The van der Waals surface area contributed by atoms with E-state index in [0.29, 0.717) is 12.5 Å². The van der Waals surface area contributed by atoms with Crippen LogP contribution in [-0.4, -0.2) is 25.6 Å². The average molecular weight is 242 g/mol. The van der Waals surface area contributed by atoms with E-state index in [-0.39, 0.29) is 11.6 Å². The van der Waals surface area contributed by atoms with Crippen molar-refractivity contribution in [3.05, 3.63) is 35.9 Å². The Balaban J connectivity index is 2.78. The lowest BCUT2D eigenvalue weighted by molar-refractivity contribution is 0.157. The molecule has 0 amide bonds. The van der Waals surface area contributed by atoms with Crippen LogP contribution in [0, 0.1) is 0 Å². The first kappa shape index (κ1) is 13.5. The van der Waals surface area contributed by atoms with Crippen LogP contribution >= 0.6 is 11.6 Å². The van der Waals surface area contributed by atoms with Gasteiger partial charge in [0.05, 0.1) is 12.1 Å². The van der Waals surface area contributed by atoms with Crippen LogP contribution in [0.3, 0.4) is 0 Å². The molecule has 1 aromatic rings. The maximum absolute atomic E-state index is 6.08. The molecule has 0 aliphatic carbocycles. The van der Waals surface area contributed by atoms with Gasteiger partial charge < -0.3 is 10.1 Å². The molecule has 2 atom stereocenters. The molecule has 0 aliphatic heterocycles. The van der Waals surface area contributed by atoms with Crippen molar-refractivity contribution in [1.82, 2.24) is 5.32 Å². The molecule has 1 rings (SSSR count). The van der Waals surface area contributed by atoms with Gasteiger partial charge in [-0.05, 0) is 19.4 Å². The maximum atomic E-state index is 6.08. The van der Waals surface area contributed by atoms with Crippen LogP contribution < -0.4 is 5.32 Å². The molecule has 2 nitrogen and oxygen atoms in total. The van der Waals surface area contributed by atoms with Gasteiger partial charge in [-0.25, -0.2) is 0 Å². The van der Waals surface area contributed by atoms with Crippen molar-refractivity contribution < 1.29 is 4.74 Å². The van der Waals surface area contributed by atoms with Crippen LogP contribution in [0.25, 0.3) is 0 Å². The predicted molar refractivity (Wildman–Crippen MR) is 69.0 cm³/mol. The molecule has 0 saturated heterocycles. The first-order chi connectivity index (χ1) is 7.62. The Morgan fingerprint density at radius 3 is 2.50 bits per heavy atom. The van der Waals surface area contributed by atoms with Crippen LogP contribution in [0.1, 0.15) is 19.4 Å². The van der Waals surface area contributed by atoms with Gasteiger partial charge in [0.25, 0.3) is 0 Å². The zero-order chi connectivity index (χ0) is 12.0. The lowest BCUT2D eigenvalue weighted by Crippen LogP contribution is -2.47. The van der Waals surface area contributed by atoms with Crippen LogP contribution in [0.5, 0.6) is 0 Å². The number of nitrogens with one attached hydrogen (secondary N) is 1. The Labute approximate surface area is 103 Å². The number of methoxy groups -OCH3 is 1. The minimum absolute atomic E-state index is 0.208. The Morgan fingerprint density at radius 1 is 1.38 bits per heavy atom. The van der Waals surface area contributed by atoms with E-state index in [1.807, 2.05) is 18.2 Å². The summed E-state index contributed by atoms with van der Waals surface area (Å²) < 4.78 is 5.12. The van der Waals surface area contributed by atoms with Gasteiger partial charge in [-0.2, -0.15) is 0 Å². The quantitative estimate of drug-likeness (QED) is 0.774. The molecular weight excluding hydrogens is 222 g/mol. The molecule has 0 aliphatic rings. The highest BCUT2D eigenvalue weighted by atomic mass is 35.5. The van der Waals surface area contributed by atoms with Gasteiger partial charge >= 0.3 is 0 Å². The van der Waals surface area contributed by atoms with Crippen molar-refractivity contribution in [2.24, 2.45) is 0 Å². The van der Waals surface area contributed by atoms with Crippen molar-refractivity contribution >= 4 is 11.6 Å². The lowest BCUT2D eigenvalue weighted by atomic mass is 9.93. The first-order valence-corrected chi connectivity index (χ1v) is 6.04. The Morgan fingerprint density at radius 2 is 2.00 bits per heavy atom. The fourth-order valence-electron chi connectivity index (χ4n) is 1.84. The van der Waals surface area contributed by atoms with Gasteiger partial charge in [0.1, 0.15) is 0 Å². The molecule has 0 radical (unpaired) electrons. The van der Waals surface area contributed by atoms with E-state index in [1.54, 1.807) is 7.11 Å². The minimum Gasteiger partial charge on any atom is -0.383 e. The first-order valence-electron chi connectivity index (χ1n) is 5.50. The molecule has 16 heavy (non-hydrogen) atoms. The Hall–Kier alpha value is -0.570. The second kappa shape index (κ2) is 6.24. The summed E-state index contributed by atoms with van der Waals surface area (Å²) in [5.74, 6) is 0.533. The summed E-state index contributed by atoms with van der Waals surface area (Å²) in [6.07, 6.45) is 0. The molecule has 3 heteroatoms. The fourth-order valence-corrected chi connectivity index (χ4v) is 2.07. The largest absolute Gasteiger partial charge is 0.383 e. The molecule has 0 spiro atoms. The van der Waals surface area contributed by atoms with E-state index < -0.39 is 0 Å². The monoisotopic (exact) mass is 241 g/mol. The summed E-state index contributed by atoms with van der Waals surface area (Å²) in [6.45, 7) is 4.89. The molecule has 90 valence electrons.